The Morgan fingerprint density at radius 1 is 1.14 bits per heavy atom. The van der Waals surface area contributed by atoms with Crippen LogP contribution in [0.25, 0.3) is 0 Å². The number of nitrogens with zero attached hydrogens (tertiary/aromatic N) is 1. The van der Waals surface area contributed by atoms with Crippen molar-refractivity contribution in [3.8, 4) is 0 Å². The zero-order valence-electron chi connectivity index (χ0n) is 8.59. The van der Waals surface area contributed by atoms with Gasteiger partial charge in [-0.15, -0.1) is 0 Å². The molecule has 0 amide bonds. The summed E-state index contributed by atoms with van der Waals surface area (Å²) in [6.07, 6.45) is 0. The number of hydrogen-bond acceptors (Lipinski definition) is 2. The predicted octanol–water partition coefficient (Wildman–Crippen LogP) is -4.62. The molecular formula is C5H17CaClNO5P. The molecule has 9 heteroatoms. The molecule has 4 N–H and O–H groups in total. The van der Waals surface area contributed by atoms with Crippen LogP contribution in [0.1, 0.15) is 0 Å². The molecule has 0 aromatic carbocycles. The Morgan fingerprint density at radius 3 is 1.36 bits per heavy atom. The van der Waals surface area contributed by atoms with Gasteiger partial charge in [0.05, 0.1) is 27.7 Å². The van der Waals surface area contributed by atoms with Gasteiger partial charge < -0.3 is 36.7 Å². The van der Waals surface area contributed by atoms with E-state index in [2.05, 4.69) is 21.1 Å². The normalized spacial score (nSPS) is 10.2. The molecule has 0 atom stereocenters. The van der Waals surface area contributed by atoms with E-state index in [0.717, 1.165) is 11.0 Å². The first-order valence-electron chi connectivity index (χ1n) is 3.26. The van der Waals surface area contributed by atoms with Gasteiger partial charge in [-0.05, 0) is 0 Å². The van der Waals surface area contributed by atoms with Crippen LogP contribution in [-0.2, 0) is 4.57 Å². The number of aliphatic hydroxyl groups excluding tert-OH is 1. The van der Waals surface area contributed by atoms with Crippen LogP contribution in [0.5, 0.6) is 0 Å². The minimum absolute atomic E-state index is 0. The third-order valence-corrected chi connectivity index (χ3v) is 0.771. The van der Waals surface area contributed by atoms with Crippen LogP contribution in [0.3, 0.4) is 0 Å². The van der Waals surface area contributed by atoms with Gasteiger partial charge in [0.2, 0.25) is 0 Å². The molecule has 0 aliphatic rings. The smallest absolute Gasteiger partial charge is 0.466 e. The Hall–Kier alpha value is 1.58. The molecule has 0 aliphatic heterocycles. The first kappa shape index (κ1) is 24.7. The van der Waals surface area contributed by atoms with Crippen molar-refractivity contribution in [1.29, 1.82) is 0 Å². The Morgan fingerprint density at radius 2 is 1.36 bits per heavy atom. The Balaban J connectivity index is -0.0000000651. The van der Waals surface area contributed by atoms with Gasteiger partial charge in [-0.3, -0.25) is 0 Å². The maximum absolute atomic E-state index is 8.88. The fourth-order valence-corrected chi connectivity index (χ4v) is 0.300. The summed E-state index contributed by atoms with van der Waals surface area (Å²) in [6, 6.07) is 0. The average Bonchev–Trinajstić information content (AvgIpc) is 1.54. The zero-order valence-corrected chi connectivity index (χ0v) is 12.4. The SMILES string of the molecule is C[N+](C)(C)CCO.O=P(O)(O)O.[Ca].[Cl-]. The van der Waals surface area contributed by atoms with Crippen molar-refractivity contribution in [2.75, 3.05) is 34.3 Å². The third kappa shape index (κ3) is 69.0. The first-order valence-corrected chi connectivity index (χ1v) is 4.82. The monoisotopic (exact) mass is 277 g/mol. The number of phosphoric acid groups is 1. The van der Waals surface area contributed by atoms with E-state index in [0.29, 0.717) is 0 Å². The summed E-state index contributed by atoms with van der Waals surface area (Å²) in [5.41, 5.74) is 0. The summed E-state index contributed by atoms with van der Waals surface area (Å²) in [5, 5.41) is 8.39. The number of halogens is 1. The van der Waals surface area contributed by atoms with Crippen LogP contribution >= 0.6 is 7.82 Å². The molecule has 0 spiro atoms. The number of rotatable bonds is 2. The fourth-order valence-electron chi connectivity index (χ4n) is 0.300. The van der Waals surface area contributed by atoms with Crippen LogP contribution in [0.2, 0.25) is 0 Å². The fraction of sp³-hybridized carbons (Fsp3) is 1.00. The van der Waals surface area contributed by atoms with Crippen molar-refractivity contribution >= 4 is 45.6 Å². The van der Waals surface area contributed by atoms with Crippen molar-refractivity contribution in [2.24, 2.45) is 0 Å². The van der Waals surface area contributed by atoms with Crippen molar-refractivity contribution in [3.05, 3.63) is 0 Å². The molecule has 0 bridgehead atoms. The maximum Gasteiger partial charge on any atom is 0.466 e. The molecule has 0 aliphatic carbocycles. The molecule has 0 fully saturated rings. The summed E-state index contributed by atoms with van der Waals surface area (Å²) in [5.74, 6) is 0. The third-order valence-electron chi connectivity index (χ3n) is 0.771. The molecule has 6 nitrogen and oxygen atoms in total. The maximum atomic E-state index is 8.88. The number of likely N-dealkylation sites (N-methyl/N-ethyl adjacent to an activating group) is 1. The number of hydrogen-bond donors (Lipinski definition) is 4. The number of quaternary nitrogens is 1. The summed E-state index contributed by atoms with van der Waals surface area (Å²) in [7, 11) is 1.52. The minimum Gasteiger partial charge on any atom is -1.00 e. The molecule has 0 rings (SSSR count). The van der Waals surface area contributed by atoms with Crippen LogP contribution in [0.4, 0.5) is 0 Å². The topological polar surface area (TPSA) is 98.0 Å². The Labute approximate surface area is 120 Å². The summed E-state index contributed by atoms with van der Waals surface area (Å²) in [4.78, 5) is 21.6. The van der Waals surface area contributed by atoms with E-state index < -0.39 is 7.82 Å². The second kappa shape index (κ2) is 11.1. The van der Waals surface area contributed by atoms with Gasteiger partial charge in [0, 0.05) is 37.7 Å². The molecular weight excluding hydrogens is 261 g/mol. The standard InChI is InChI=1S/C5H14NO.Ca.ClH.H3O4P/c1-6(2,3)4-5-7;;;1-5(2,3)4/h7H,4-5H2,1-3H3;;1H;(H3,1,2,3,4)/q+1;;;/p-1. The molecule has 14 heavy (non-hydrogen) atoms. The van der Waals surface area contributed by atoms with Crippen molar-refractivity contribution < 1.29 is 41.2 Å². The summed E-state index contributed by atoms with van der Waals surface area (Å²) < 4.78 is 9.73. The molecule has 0 unspecified atom stereocenters. The van der Waals surface area contributed by atoms with Crippen molar-refractivity contribution in [2.45, 2.75) is 0 Å². The van der Waals surface area contributed by atoms with E-state index in [1.807, 2.05) is 0 Å². The average molecular weight is 278 g/mol. The molecule has 0 saturated carbocycles. The van der Waals surface area contributed by atoms with E-state index in [4.69, 9.17) is 24.4 Å². The van der Waals surface area contributed by atoms with E-state index in [-0.39, 0.29) is 56.8 Å². The van der Waals surface area contributed by atoms with Gasteiger partial charge in [0.25, 0.3) is 0 Å². The van der Waals surface area contributed by atoms with Crippen molar-refractivity contribution in [1.82, 2.24) is 0 Å². The van der Waals surface area contributed by atoms with E-state index in [1.165, 1.54) is 0 Å². The largest absolute Gasteiger partial charge is 1.00 e. The minimum atomic E-state index is -4.64. The predicted molar refractivity (Wildman–Crippen MR) is 50.0 cm³/mol. The summed E-state index contributed by atoms with van der Waals surface area (Å²) >= 11 is 0. The zero-order chi connectivity index (χ0) is 10.4. The molecule has 0 aromatic rings. The van der Waals surface area contributed by atoms with E-state index in [1.54, 1.807) is 0 Å². The van der Waals surface area contributed by atoms with Gasteiger partial charge in [0.15, 0.2) is 0 Å². The molecule has 0 saturated heterocycles. The quantitative estimate of drug-likeness (QED) is 0.231. The molecule has 2 radical (unpaired) electrons. The van der Waals surface area contributed by atoms with Crippen LogP contribution < -0.4 is 12.4 Å². The molecule has 0 heterocycles. The van der Waals surface area contributed by atoms with Crippen molar-refractivity contribution in [3.63, 3.8) is 0 Å². The number of aliphatic hydroxyl groups is 1. The Kier molecular flexibility index (Phi) is 19.5. The van der Waals surface area contributed by atoms with Gasteiger partial charge >= 0.3 is 7.82 Å². The van der Waals surface area contributed by atoms with Gasteiger partial charge in [0.1, 0.15) is 6.54 Å². The van der Waals surface area contributed by atoms with Gasteiger partial charge in [-0.25, -0.2) is 4.57 Å². The van der Waals surface area contributed by atoms with Gasteiger partial charge in [-0.1, -0.05) is 0 Å². The molecule has 0 aromatic heterocycles. The Bertz CT molecular complexity index is 150. The molecule has 86 valence electrons. The second-order valence-electron chi connectivity index (χ2n) is 3.25. The van der Waals surface area contributed by atoms with Crippen LogP contribution in [-0.4, -0.2) is 96.3 Å². The van der Waals surface area contributed by atoms with Crippen LogP contribution in [0, 0.1) is 0 Å². The van der Waals surface area contributed by atoms with E-state index >= 15 is 0 Å². The first-order chi connectivity index (χ1) is 5.06. The second-order valence-corrected chi connectivity index (χ2v) is 4.28. The van der Waals surface area contributed by atoms with E-state index in [9.17, 15) is 0 Å². The van der Waals surface area contributed by atoms with Gasteiger partial charge in [-0.2, -0.15) is 0 Å². The summed E-state index contributed by atoms with van der Waals surface area (Å²) in [6.45, 7) is 1.11. The van der Waals surface area contributed by atoms with Crippen LogP contribution in [0.15, 0.2) is 0 Å².